The Labute approximate surface area is 384 Å². The summed E-state index contributed by atoms with van der Waals surface area (Å²) in [7, 11) is -6.64. The first-order valence-corrected chi connectivity index (χ1v) is 57.2. The molecule has 6 aromatic carbocycles. The van der Waals surface area contributed by atoms with Crippen molar-refractivity contribution in [3.63, 3.8) is 0 Å². The zero-order valence-corrected chi connectivity index (χ0v) is 47.0. The zero-order chi connectivity index (χ0) is 40.9. The molecule has 0 bridgehead atoms. The van der Waals surface area contributed by atoms with E-state index in [0.29, 0.717) is 0 Å². The molecule has 1 aliphatic heterocycles. The molecule has 1 aliphatic rings. The number of rotatable bonds is 6. The van der Waals surface area contributed by atoms with Crippen LogP contribution in [0.5, 0.6) is 0 Å². The van der Waals surface area contributed by atoms with Gasteiger partial charge in [-0.2, -0.15) is 0 Å². The zero-order valence-electron chi connectivity index (χ0n) is 35.7. The summed E-state index contributed by atoms with van der Waals surface area (Å²) in [4.78, 5) is 0. The van der Waals surface area contributed by atoms with Crippen molar-refractivity contribution in [2.24, 2.45) is 0 Å². The second kappa shape index (κ2) is 27.1. The molecule has 6 aromatic rings. The molecule has 7 rings (SSSR count). The van der Waals surface area contributed by atoms with E-state index in [1.54, 1.807) is 8.70 Å². The van der Waals surface area contributed by atoms with Gasteiger partial charge in [-0.15, -0.1) is 0 Å². The molecule has 6 heteroatoms. The van der Waals surface area contributed by atoms with Gasteiger partial charge in [0.2, 0.25) is 0 Å². The average molecular weight is 1160 g/mol. The Balaban J connectivity index is 1.43. The molecule has 60 heavy (non-hydrogen) atoms. The van der Waals surface area contributed by atoms with Gasteiger partial charge >= 0.3 is 388 Å². The fraction of sp³-hybridized carbons (Fsp3) is 0.333. The Morgan fingerprint density at radius 2 is 0.367 bits per heavy atom. The molecular formula is C54H66As6. The van der Waals surface area contributed by atoms with Crippen molar-refractivity contribution in [2.75, 3.05) is 0 Å². The Kier molecular flexibility index (Phi) is 21.1. The van der Waals surface area contributed by atoms with E-state index >= 15 is 0 Å². The van der Waals surface area contributed by atoms with Gasteiger partial charge in [-0.25, -0.2) is 0 Å². The molecule has 1 heterocycles. The van der Waals surface area contributed by atoms with Crippen LogP contribution >= 0.6 is 0 Å². The summed E-state index contributed by atoms with van der Waals surface area (Å²) >= 11 is -3.00. The summed E-state index contributed by atoms with van der Waals surface area (Å²) < 4.78 is 10.8. The maximum absolute atomic E-state index is 2.67. The fourth-order valence-corrected chi connectivity index (χ4v) is 412. The third kappa shape index (κ3) is 14.1. The summed E-state index contributed by atoms with van der Waals surface area (Å²) in [5.41, 5.74) is 0. The Bertz CT molecular complexity index is 1850. The van der Waals surface area contributed by atoms with E-state index < -0.39 is 67.2 Å². The topological polar surface area (TPSA) is 0 Å². The molecule has 0 nitrogen and oxygen atoms in total. The van der Waals surface area contributed by atoms with Gasteiger partial charge in [0.25, 0.3) is 0 Å². The summed E-state index contributed by atoms with van der Waals surface area (Å²) in [6.07, 6.45) is 23.0. The Morgan fingerprint density at radius 3 is 0.600 bits per heavy atom. The van der Waals surface area contributed by atoms with Gasteiger partial charge in [0.15, 0.2) is 0 Å². The van der Waals surface area contributed by atoms with Crippen LogP contribution in [-0.4, -0.2) is 67.2 Å². The third-order valence-electron chi connectivity index (χ3n) is 11.5. The first-order chi connectivity index (χ1) is 29.9. The number of hydrogen-bond donors (Lipinski definition) is 0. The molecule has 6 unspecified atom stereocenters. The van der Waals surface area contributed by atoms with E-state index in [4.69, 9.17) is 0 Å². The third-order valence-corrected chi connectivity index (χ3v) is 219. The second-order valence-corrected chi connectivity index (χ2v) is 109. The SMILES string of the molecule is c1ccc([As]2CCCCCCCCCCCCCCCCCC[As](c3ccccc3)[As](c3ccccc3)[As](c3ccccc3)[As](c3ccccc3)[As]2c2ccccc2)cc1. The van der Waals surface area contributed by atoms with Gasteiger partial charge in [-0.1, -0.05) is 0 Å². The van der Waals surface area contributed by atoms with E-state index in [-0.39, 0.29) is 0 Å². The minimum absolute atomic E-state index is 1.42. The molecule has 0 radical (unpaired) electrons. The summed E-state index contributed by atoms with van der Waals surface area (Å²) in [5, 5.41) is 2.97. The number of benzene rings is 6. The molecule has 312 valence electrons. The van der Waals surface area contributed by atoms with Gasteiger partial charge in [0.1, 0.15) is 0 Å². The van der Waals surface area contributed by atoms with Crippen molar-refractivity contribution in [3.05, 3.63) is 182 Å². The quantitative estimate of drug-likeness (QED) is 0.146. The van der Waals surface area contributed by atoms with Crippen LogP contribution < -0.4 is 26.1 Å². The molecular weight excluding hydrogens is 1100 g/mol. The van der Waals surface area contributed by atoms with Crippen LogP contribution in [0.4, 0.5) is 0 Å². The average Bonchev–Trinajstić information content (AvgIpc) is 3.32. The summed E-state index contributed by atoms with van der Waals surface area (Å²) in [6.45, 7) is 0. The predicted molar refractivity (Wildman–Crippen MR) is 274 cm³/mol. The minimum atomic E-state index is -1.69. The Morgan fingerprint density at radius 1 is 0.183 bits per heavy atom. The van der Waals surface area contributed by atoms with Gasteiger partial charge in [0.05, 0.1) is 0 Å². The number of hydrogen-bond acceptors (Lipinski definition) is 0. The molecule has 1 saturated heterocycles. The summed E-state index contributed by atoms with van der Waals surface area (Å²) in [5.74, 6) is 0. The van der Waals surface area contributed by atoms with E-state index in [9.17, 15) is 0 Å². The van der Waals surface area contributed by atoms with Gasteiger partial charge in [0, 0.05) is 0 Å². The predicted octanol–water partition coefficient (Wildman–Crippen LogP) is 10.0. The van der Waals surface area contributed by atoms with E-state index in [2.05, 4.69) is 182 Å². The summed E-state index contributed by atoms with van der Waals surface area (Å²) in [6, 6.07) is 74.4. The van der Waals surface area contributed by atoms with Crippen molar-refractivity contribution in [1.82, 2.24) is 0 Å². The monoisotopic (exact) mass is 1160 g/mol. The van der Waals surface area contributed by atoms with Crippen molar-refractivity contribution in [2.45, 2.75) is 113 Å². The van der Waals surface area contributed by atoms with Crippen LogP contribution in [0.2, 0.25) is 10.4 Å². The molecule has 0 amide bonds. The standard InChI is InChI=1S/C54H66As6/c1-2-4-6-8-10-12-14-34-48-56(50-37-23-16-24-38-50)58(52-41-27-18-28-42-52)60(54-45-31-20-32-46-54)59(53-43-29-19-30-44-53)57(51-39-25-17-26-40-51)55(49-35-21-15-22-36-49)47-33-13-11-9-7-5-3-1/h15-32,35-46H,1-14,33-34,47-48H2. The molecule has 6 atom stereocenters. The van der Waals surface area contributed by atoms with Crippen molar-refractivity contribution < 1.29 is 0 Å². The van der Waals surface area contributed by atoms with Crippen molar-refractivity contribution in [1.29, 1.82) is 0 Å². The molecule has 0 aromatic heterocycles. The molecule has 0 N–H and O–H groups in total. The van der Waals surface area contributed by atoms with Crippen molar-refractivity contribution in [3.8, 4) is 0 Å². The van der Waals surface area contributed by atoms with Crippen LogP contribution in [-0.2, 0) is 0 Å². The van der Waals surface area contributed by atoms with Crippen LogP contribution in [0.15, 0.2) is 182 Å². The molecule has 1 fully saturated rings. The first-order valence-electron chi connectivity index (χ1n) is 22.9. The van der Waals surface area contributed by atoms with E-state index in [1.807, 2.05) is 17.4 Å². The second-order valence-electron chi connectivity index (χ2n) is 16.1. The molecule has 0 aliphatic carbocycles. The normalized spacial score (nSPS) is 23.8. The van der Waals surface area contributed by atoms with Crippen LogP contribution in [0.25, 0.3) is 0 Å². The Hall–Kier alpha value is -1.33. The van der Waals surface area contributed by atoms with Crippen LogP contribution in [0, 0.1) is 0 Å². The van der Waals surface area contributed by atoms with Gasteiger partial charge in [-0.3, -0.25) is 0 Å². The molecule has 0 spiro atoms. The fourth-order valence-electron chi connectivity index (χ4n) is 8.41. The maximum atomic E-state index is 2.67. The van der Waals surface area contributed by atoms with E-state index in [1.165, 1.54) is 113 Å². The van der Waals surface area contributed by atoms with Crippen LogP contribution in [0.3, 0.4) is 0 Å². The van der Waals surface area contributed by atoms with Crippen LogP contribution in [0.1, 0.15) is 103 Å². The van der Waals surface area contributed by atoms with Gasteiger partial charge < -0.3 is 0 Å². The molecule has 0 saturated carbocycles. The van der Waals surface area contributed by atoms with E-state index in [0.717, 1.165) is 0 Å². The van der Waals surface area contributed by atoms with Crippen molar-refractivity contribution >= 4 is 93.4 Å². The first kappa shape index (κ1) is 46.7. The van der Waals surface area contributed by atoms with Gasteiger partial charge in [-0.05, 0) is 0 Å².